The first kappa shape index (κ1) is 24.5. The Labute approximate surface area is 195 Å². The van der Waals surface area contributed by atoms with Gasteiger partial charge in [0.15, 0.2) is 5.88 Å². The van der Waals surface area contributed by atoms with Gasteiger partial charge in [0.1, 0.15) is 0 Å². The van der Waals surface area contributed by atoms with Crippen LogP contribution in [0.5, 0.6) is 5.88 Å². The van der Waals surface area contributed by atoms with Crippen LogP contribution in [-0.2, 0) is 27.2 Å². The van der Waals surface area contributed by atoms with E-state index < -0.39 is 11.9 Å². The number of rotatable bonds is 9. The second-order valence-corrected chi connectivity index (χ2v) is 8.17. The van der Waals surface area contributed by atoms with Gasteiger partial charge in [-0.1, -0.05) is 12.7 Å². The predicted octanol–water partition coefficient (Wildman–Crippen LogP) is 1.79. The molecule has 1 aliphatic rings. The highest BCUT2D eigenvalue weighted by molar-refractivity contribution is 6.32. The number of allylic oxidation sites excluding steroid dienone is 2. The van der Waals surface area contributed by atoms with E-state index >= 15 is 0 Å². The first-order chi connectivity index (χ1) is 16.0. The Hall–Kier alpha value is -4.14. The van der Waals surface area contributed by atoms with Crippen molar-refractivity contribution in [1.29, 1.82) is 0 Å². The van der Waals surface area contributed by atoms with Gasteiger partial charge in [-0.15, -0.1) is 0 Å². The second kappa shape index (κ2) is 9.78. The summed E-state index contributed by atoms with van der Waals surface area (Å²) in [5.41, 5.74) is 4.93. The molecule has 9 heteroatoms. The first-order valence-electron chi connectivity index (χ1n) is 10.7. The molecule has 5 N–H and O–H groups in total. The molecule has 0 bridgehead atoms. The van der Waals surface area contributed by atoms with Crippen LogP contribution < -0.4 is 10.7 Å². The maximum Gasteiger partial charge on any atom is 0.303 e. The van der Waals surface area contributed by atoms with E-state index in [-0.39, 0.29) is 37.5 Å². The largest absolute Gasteiger partial charge is 0.494 e. The minimum absolute atomic E-state index is 0.0520. The Morgan fingerprint density at radius 1 is 0.941 bits per heavy atom. The van der Waals surface area contributed by atoms with Gasteiger partial charge in [-0.3, -0.25) is 14.4 Å². The maximum absolute atomic E-state index is 12.0. The molecule has 178 valence electrons. The van der Waals surface area contributed by atoms with Crippen molar-refractivity contribution in [2.45, 2.75) is 46.5 Å². The highest BCUT2D eigenvalue weighted by Gasteiger charge is 2.20. The second-order valence-electron chi connectivity index (χ2n) is 8.17. The lowest BCUT2D eigenvalue weighted by Crippen LogP contribution is -2.15. The van der Waals surface area contributed by atoms with Crippen LogP contribution in [0.2, 0.25) is 0 Å². The number of aliphatic imine (C=N–C) groups is 1. The third-order valence-electron chi connectivity index (χ3n) is 6.01. The number of aromatic hydroxyl groups is 1. The maximum atomic E-state index is 12.0. The van der Waals surface area contributed by atoms with E-state index in [1.54, 1.807) is 32.1 Å². The number of hydrogen-bond acceptors (Lipinski definition) is 4. The fourth-order valence-corrected chi connectivity index (χ4v) is 4.03. The molecular formula is C25H27N3O6. The number of H-pyrrole nitrogens is 2. The van der Waals surface area contributed by atoms with E-state index in [4.69, 9.17) is 5.11 Å². The number of nitrogens with one attached hydrogen (secondary N) is 2. The molecule has 3 heterocycles. The Balaban J connectivity index is 2.20. The van der Waals surface area contributed by atoms with Crippen molar-refractivity contribution in [3.05, 3.63) is 62.4 Å². The minimum atomic E-state index is -0.950. The molecule has 0 radical (unpaired) electrons. The number of aromatic nitrogens is 2. The van der Waals surface area contributed by atoms with Crippen molar-refractivity contribution in [1.82, 2.24) is 9.97 Å². The average Bonchev–Trinajstić information content (AvgIpc) is 3.31. The number of carbonyl (C=O) groups excluding carboxylic acids is 1. The van der Waals surface area contributed by atoms with Crippen LogP contribution in [-0.4, -0.2) is 48.8 Å². The van der Waals surface area contributed by atoms with Gasteiger partial charge in [-0.25, -0.2) is 4.99 Å². The van der Waals surface area contributed by atoms with Gasteiger partial charge < -0.3 is 25.3 Å². The SMILES string of the molecule is C=CC1=C(C)C(=O)N=C1C=c1[nH]c(=Cc2[nH]c(O)c(C)c2CCC(=O)O)c(CCC(=O)O)c1C. The zero-order valence-electron chi connectivity index (χ0n) is 19.3. The summed E-state index contributed by atoms with van der Waals surface area (Å²) in [6.07, 6.45) is 5.33. The Kier molecular flexibility index (Phi) is 7.05. The van der Waals surface area contributed by atoms with E-state index in [1.165, 1.54) is 0 Å². The van der Waals surface area contributed by atoms with E-state index in [0.717, 1.165) is 11.1 Å². The normalized spacial score (nSPS) is 14.8. The predicted molar refractivity (Wildman–Crippen MR) is 127 cm³/mol. The molecule has 3 rings (SSSR count). The first-order valence-corrected chi connectivity index (χ1v) is 10.7. The Morgan fingerprint density at radius 3 is 2.15 bits per heavy atom. The number of carboxylic acids is 2. The minimum Gasteiger partial charge on any atom is -0.494 e. The van der Waals surface area contributed by atoms with Crippen LogP contribution in [0, 0.1) is 13.8 Å². The third-order valence-corrected chi connectivity index (χ3v) is 6.01. The summed E-state index contributed by atoms with van der Waals surface area (Å²) in [6, 6.07) is 0. The Bertz CT molecular complexity index is 1380. The molecule has 9 nitrogen and oxygen atoms in total. The van der Waals surface area contributed by atoms with Gasteiger partial charge in [0.25, 0.3) is 5.91 Å². The fraction of sp³-hybridized carbons (Fsp3) is 0.280. The van der Waals surface area contributed by atoms with Gasteiger partial charge >= 0.3 is 11.9 Å². The molecule has 0 atom stereocenters. The van der Waals surface area contributed by atoms with Gasteiger partial charge in [0, 0.05) is 45.9 Å². The van der Waals surface area contributed by atoms with Crippen molar-refractivity contribution < 1.29 is 29.7 Å². The molecule has 0 spiro atoms. The summed E-state index contributed by atoms with van der Waals surface area (Å²) < 4.78 is 0. The highest BCUT2D eigenvalue weighted by Crippen LogP contribution is 2.25. The lowest BCUT2D eigenvalue weighted by molar-refractivity contribution is -0.138. The zero-order chi connectivity index (χ0) is 25.2. The zero-order valence-corrected chi connectivity index (χ0v) is 19.3. The van der Waals surface area contributed by atoms with Crippen molar-refractivity contribution in [3.8, 4) is 5.88 Å². The van der Waals surface area contributed by atoms with Crippen LogP contribution in [0.15, 0.2) is 28.8 Å². The van der Waals surface area contributed by atoms with E-state index in [1.807, 2.05) is 6.92 Å². The van der Waals surface area contributed by atoms with Gasteiger partial charge in [0.05, 0.1) is 5.71 Å². The van der Waals surface area contributed by atoms with Crippen LogP contribution in [0.25, 0.3) is 12.2 Å². The van der Waals surface area contributed by atoms with Crippen molar-refractivity contribution >= 4 is 35.7 Å². The molecule has 34 heavy (non-hydrogen) atoms. The highest BCUT2D eigenvalue weighted by atomic mass is 16.4. The molecular weight excluding hydrogens is 438 g/mol. The van der Waals surface area contributed by atoms with Gasteiger partial charge in [-0.05, 0) is 62.5 Å². The molecule has 0 saturated heterocycles. The van der Waals surface area contributed by atoms with E-state index in [0.29, 0.717) is 44.4 Å². The molecule has 1 amide bonds. The van der Waals surface area contributed by atoms with E-state index in [9.17, 15) is 24.6 Å². The van der Waals surface area contributed by atoms with Crippen LogP contribution in [0.4, 0.5) is 0 Å². The standard InChI is InChI=1S/C25H27N3O6/c1-5-15-13(3)24(33)27-19(15)10-18-12(2)16(6-8-22(29)30)20(26-18)11-21-17(7-9-23(31)32)14(4)25(34)28-21/h5,10-11,26,28,34H,1,6-9H2,2-4H3,(H,29,30)(H,31,32). The molecule has 0 unspecified atom stereocenters. The van der Waals surface area contributed by atoms with E-state index in [2.05, 4.69) is 21.5 Å². The van der Waals surface area contributed by atoms with Crippen LogP contribution in [0.1, 0.15) is 47.7 Å². The number of nitrogens with zero attached hydrogens (tertiary/aromatic N) is 1. The lowest BCUT2D eigenvalue weighted by Gasteiger charge is -2.01. The molecule has 0 aliphatic carbocycles. The van der Waals surface area contributed by atoms with Gasteiger partial charge in [-0.2, -0.15) is 0 Å². The summed E-state index contributed by atoms with van der Waals surface area (Å²) in [6.45, 7) is 8.99. The summed E-state index contributed by atoms with van der Waals surface area (Å²) in [7, 11) is 0. The summed E-state index contributed by atoms with van der Waals surface area (Å²) in [5, 5.41) is 29.8. The molecule has 0 fully saturated rings. The van der Waals surface area contributed by atoms with Crippen molar-refractivity contribution in [2.24, 2.45) is 4.99 Å². The summed E-state index contributed by atoms with van der Waals surface area (Å²) in [5.74, 6) is -2.27. The molecule has 0 saturated carbocycles. The number of carboxylic acid groups (broad SMARTS) is 2. The summed E-state index contributed by atoms with van der Waals surface area (Å²) >= 11 is 0. The topological polar surface area (TPSA) is 156 Å². The number of aliphatic carboxylic acids is 2. The monoisotopic (exact) mass is 465 g/mol. The smallest absolute Gasteiger partial charge is 0.303 e. The average molecular weight is 466 g/mol. The van der Waals surface area contributed by atoms with Crippen LogP contribution >= 0.6 is 0 Å². The third kappa shape index (κ3) is 4.93. The fourth-order valence-electron chi connectivity index (χ4n) is 4.03. The number of hydrogen-bond donors (Lipinski definition) is 5. The van der Waals surface area contributed by atoms with Crippen LogP contribution in [0.3, 0.4) is 0 Å². The molecule has 0 aromatic carbocycles. The quantitative estimate of drug-likeness (QED) is 0.380. The number of carbonyl (C=O) groups is 3. The summed E-state index contributed by atoms with van der Waals surface area (Å²) in [4.78, 5) is 44.6. The molecule has 1 aliphatic heterocycles. The molecule has 2 aromatic heterocycles. The van der Waals surface area contributed by atoms with Crippen molar-refractivity contribution in [2.75, 3.05) is 0 Å². The van der Waals surface area contributed by atoms with Crippen molar-refractivity contribution in [3.63, 3.8) is 0 Å². The lowest BCUT2D eigenvalue weighted by atomic mass is 10.0. The Morgan fingerprint density at radius 2 is 1.56 bits per heavy atom. The molecule has 2 aromatic rings. The number of aromatic amines is 2. The number of amides is 1. The van der Waals surface area contributed by atoms with Gasteiger partial charge in [0.2, 0.25) is 0 Å².